The molecule has 0 unspecified atom stereocenters. The highest BCUT2D eigenvalue weighted by Gasteiger charge is 2.34. The summed E-state index contributed by atoms with van der Waals surface area (Å²) in [7, 11) is 1.42. The van der Waals surface area contributed by atoms with Crippen molar-refractivity contribution in [2.75, 3.05) is 7.05 Å². The molecule has 63 valence electrons. The summed E-state index contributed by atoms with van der Waals surface area (Å²) < 4.78 is 38.3. The van der Waals surface area contributed by atoms with Crippen molar-refractivity contribution in [3.8, 4) is 0 Å². The number of ether oxygens (including phenoxy) is 1. The third-order valence-corrected chi connectivity index (χ3v) is 1.04. The summed E-state index contributed by atoms with van der Waals surface area (Å²) in [6, 6.07) is 0. The average Bonchev–Trinajstić information content (AvgIpc) is 2.12. The number of alkyl halides is 3. The summed E-state index contributed by atoms with van der Waals surface area (Å²) in [5.41, 5.74) is 2.48. The first kappa shape index (κ1) is 8.19. The number of hydrogen-bond donors (Lipinski definition) is 1. The Hall–Kier alpha value is -0.910. The van der Waals surface area contributed by atoms with Gasteiger partial charge in [-0.2, -0.15) is 0 Å². The van der Waals surface area contributed by atoms with E-state index in [0.717, 1.165) is 5.01 Å². The fraction of sp³-hybridized carbons (Fsp3) is 0.400. The van der Waals surface area contributed by atoms with Crippen molar-refractivity contribution < 1.29 is 17.9 Å². The van der Waals surface area contributed by atoms with Gasteiger partial charge in [-0.1, -0.05) is 0 Å². The van der Waals surface area contributed by atoms with Gasteiger partial charge in [-0.15, -0.1) is 13.2 Å². The Kier molecular flexibility index (Phi) is 1.95. The highest BCUT2D eigenvalue weighted by atomic mass is 19.4. The van der Waals surface area contributed by atoms with E-state index in [2.05, 4.69) is 10.2 Å². The predicted octanol–water partition coefficient (Wildman–Crippen LogP) is 0.976. The highest BCUT2D eigenvalue weighted by molar-refractivity contribution is 5.05. The Bertz CT molecular complexity index is 177. The Balaban J connectivity index is 2.49. The zero-order valence-electron chi connectivity index (χ0n) is 5.64. The summed E-state index contributed by atoms with van der Waals surface area (Å²) in [5, 5.41) is 1.12. The van der Waals surface area contributed by atoms with E-state index in [9.17, 15) is 13.2 Å². The van der Waals surface area contributed by atoms with Crippen molar-refractivity contribution in [3.63, 3.8) is 0 Å². The molecule has 0 bridgehead atoms. The second kappa shape index (κ2) is 2.61. The molecule has 1 N–H and O–H groups in total. The van der Waals surface area contributed by atoms with Gasteiger partial charge < -0.3 is 4.74 Å². The Morgan fingerprint density at radius 1 is 1.55 bits per heavy atom. The lowest BCUT2D eigenvalue weighted by molar-refractivity contribution is -0.313. The fourth-order valence-corrected chi connectivity index (χ4v) is 0.617. The summed E-state index contributed by atoms with van der Waals surface area (Å²) in [4.78, 5) is 0. The van der Waals surface area contributed by atoms with Crippen LogP contribution in [0.4, 0.5) is 13.2 Å². The van der Waals surface area contributed by atoms with Crippen molar-refractivity contribution in [2.24, 2.45) is 0 Å². The van der Waals surface area contributed by atoms with Gasteiger partial charge in [-0.25, -0.2) is 5.43 Å². The molecule has 0 aliphatic carbocycles. The van der Waals surface area contributed by atoms with Gasteiger partial charge in [0, 0.05) is 7.05 Å². The molecule has 0 aromatic heterocycles. The largest absolute Gasteiger partial charge is 0.574 e. The number of rotatable bonds is 1. The Morgan fingerprint density at radius 2 is 2.18 bits per heavy atom. The van der Waals surface area contributed by atoms with Crippen LogP contribution in [-0.4, -0.2) is 18.4 Å². The van der Waals surface area contributed by atoms with Crippen LogP contribution in [0.15, 0.2) is 12.0 Å². The molecule has 1 radical (unpaired) electrons. The molecule has 1 aliphatic heterocycles. The van der Waals surface area contributed by atoms with Gasteiger partial charge >= 0.3 is 6.36 Å². The molecule has 0 saturated carbocycles. The summed E-state index contributed by atoms with van der Waals surface area (Å²) in [5.74, 6) is -0.266. The number of hydrazine groups is 1. The standard InChI is InChI=1S/C5H6F3N2O/c1-10-4(2-3-9-10)11-5(6,7)8/h2-3,9H,1H3. The van der Waals surface area contributed by atoms with Crippen LogP contribution >= 0.6 is 0 Å². The van der Waals surface area contributed by atoms with Gasteiger partial charge in [-0.3, -0.25) is 5.01 Å². The van der Waals surface area contributed by atoms with Crippen LogP contribution in [0, 0.1) is 6.54 Å². The molecule has 3 nitrogen and oxygen atoms in total. The van der Waals surface area contributed by atoms with Crippen LogP contribution in [-0.2, 0) is 4.74 Å². The maximum Gasteiger partial charge on any atom is 0.574 e. The lowest BCUT2D eigenvalue weighted by Gasteiger charge is -2.17. The third-order valence-electron chi connectivity index (χ3n) is 1.04. The van der Waals surface area contributed by atoms with Gasteiger partial charge in [0.1, 0.15) is 0 Å². The number of hydrogen-bond acceptors (Lipinski definition) is 3. The van der Waals surface area contributed by atoms with E-state index in [1.807, 2.05) is 0 Å². The molecule has 0 atom stereocenters. The normalized spacial score (nSPS) is 18.5. The van der Waals surface area contributed by atoms with Gasteiger partial charge in [-0.05, 0) is 6.08 Å². The predicted molar refractivity (Wildman–Crippen MR) is 30.4 cm³/mol. The van der Waals surface area contributed by atoms with E-state index in [4.69, 9.17) is 0 Å². The lowest BCUT2D eigenvalue weighted by Crippen LogP contribution is -2.29. The molecule has 1 heterocycles. The molecule has 1 aliphatic rings. The molecule has 0 saturated heterocycles. The van der Waals surface area contributed by atoms with Gasteiger partial charge in [0.2, 0.25) is 5.88 Å². The van der Waals surface area contributed by atoms with Crippen LogP contribution in [0.2, 0.25) is 0 Å². The van der Waals surface area contributed by atoms with Crippen molar-refractivity contribution in [1.29, 1.82) is 0 Å². The second-order valence-electron chi connectivity index (χ2n) is 1.91. The SMILES string of the molecule is CN1N[CH]C=C1OC(F)(F)F. The van der Waals surface area contributed by atoms with E-state index < -0.39 is 6.36 Å². The lowest BCUT2D eigenvalue weighted by atomic mass is 10.6. The van der Waals surface area contributed by atoms with Crippen LogP contribution in [0.25, 0.3) is 0 Å². The molecule has 1 rings (SSSR count). The first-order valence-electron chi connectivity index (χ1n) is 2.78. The van der Waals surface area contributed by atoms with E-state index >= 15 is 0 Å². The molecule has 0 spiro atoms. The minimum atomic E-state index is -4.63. The third kappa shape index (κ3) is 2.30. The van der Waals surface area contributed by atoms with Crippen molar-refractivity contribution in [3.05, 3.63) is 18.5 Å². The first-order chi connectivity index (χ1) is 4.99. The Labute approximate surface area is 61.4 Å². The first-order valence-corrected chi connectivity index (χ1v) is 2.78. The van der Waals surface area contributed by atoms with Crippen molar-refractivity contribution in [2.45, 2.75) is 6.36 Å². The van der Waals surface area contributed by atoms with Gasteiger partial charge in [0.05, 0.1) is 6.54 Å². The van der Waals surface area contributed by atoms with Gasteiger partial charge in [0.25, 0.3) is 0 Å². The molecule has 0 amide bonds. The van der Waals surface area contributed by atoms with Crippen LogP contribution < -0.4 is 5.43 Å². The van der Waals surface area contributed by atoms with Gasteiger partial charge in [0.15, 0.2) is 0 Å². The molecule has 11 heavy (non-hydrogen) atoms. The van der Waals surface area contributed by atoms with E-state index in [1.165, 1.54) is 19.7 Å². The minimum Gasteiger partial charge on any atom is -0.389 e. The van der Waals surface area contributed by atoms with Crippen LogP contribution in [0.3, 0.4) is 0 Å². The Morgan fingerprint density at radius 3 is 2.55 bits per heavy atom. The van der Waals surface area contributed by atoms with Crippen molar-refractivity contribution in [1.82, 2.24) is 10.4 Å². The topological polar surface area (TPSA) is 24.5 Å². The van der Waals surface area contributed by atoms with E-state index in [1.54, 1.807) is 0 Å². The van der Waals surface area contributed by atoms with Crippen LogP contribution in [0.1, 0.15) is 0 Å². The zero-order valence-corrected chi connectivity index (χ0v) is 5.64. The maximum absolute atomic E-state index is 11.5. The second-order valence-corrected chi connectivity index (χ2v) is 1.91. The highest BCUT2D eigenvalue weighted by Crippen LogP contribution is 2.23. The summed E-state index contributed by atoms with van der Waals surface area (Å²) in [6.45, 7) is 1.35. The molecular weight excluding hydrogens is 161 g/mol. The smallest absolute Gasteiger partial charge is 0.389 e. The molecular formula is C5H6F3N2O. The maximum atomic E-state index is 11.5. The number of nitrogens with one attached hydrogen (secondary N) is 1. The number of halogens is 3. The summed E-state index contributed by atoms with van der Waals surface area (Å²) >= 11 is 0. The molecule has 0 aromatic carbocycles. The quantitative estimate of drug-likeness (QED) is 0.629. The van der Waals surface area contributed by atoms with E-state index in [-0.39, 0.29) is 5.88 Å². The fourth-order valence-electron chi connectivity index (χ4n) is 0.617. The molecule has 0 aromatic rings. The average molecular weight is 167 g/mol. The zero-order chi connectivity index (χ0) is 8.48. The minimum absolute atomic E-state index is 0.266. The molecule has 0 fully saturated rings. The van der Waals surface area contributed by atoms with Crippen molar-refractivity contribution >= 4 is 0 Å². The van der Waals surface area contributed by atoms with E-state index in [0.29, 0.717) is 0 Å². The number of nitrogens with zero attached hydrogens (tertiary/aromatic N) is 1. The monoisotopic (exact) mass is 167 g/mol. The molecule has 6 heteroatoms. The summed E-state index contributed by atoms with van der Waals surface area (Å²) in [6.07, 6.45) is -3.44. The van der Waals surface area contributed by atoms with Crippen LogP contribution in [0.5, 0.6) is 0 Å².